The van der Waals surface area contributed by atoms with E-state index in [1.165, 1.54) is 11.3 Å². The molecule has 1 atom stereocenters. The second-order valence-corrected chi connectivity index (χ2v) is 7.10. The Labute approximate surface area is 146 Å². The highest BCUT2D eigenvalue weighted by Crippen LogP contribution is 2.34. The predicted octanol–water partition coefficient (Wildman–Crippen LogP) is 4.35. The summed E-state index contributed by atoms with van der Waals surface area (Å²) < 4.78 is 10.7. The number of methoxy groups -OCH3 is 2. The molecule has 1 aliphatic rings. The summed E-state index contributed by atoms with van der Waals surface area (Å²) in [5.74, 6) is 2.13. The van der Waals surface area contributed by atoms with Gasteiger partial charge in [-0.05, 0) is 49.5 Å². The van der Waals surface area contributed by atoms with Crippen molar-refractivity contribution < 1.29 is 9.47 Å². The molecule has 0 spiro atoms. The van der Waals surface area contributed by atoms with Gasteiger partial charge in [-0.15, -0.1) is 11.3 Å². The quantitative estimate of drug-likeness (QED) is 0.777. The van der Waals surface area contributed by atoms with Crippen molar-refractivity contribution in [3.05, 3.63) is 39.3 Å². The fourth-order valence-corrected chi connectivity index (χ4v) is 4.14. The van der Waals surface area contributed by atoms with E-state index in [4.69, 9.17) is 14.5 Å². The van der Waals surface area contributed by atoms with Gasteiger partial charge >= 0.3 is 0 Å². The van der Waals surface area contributed by atoms with Crippen molar-refractivity contribution in [2.75, 3.05) is 14.2 Å². The van der Waals surface area contributed by atoms with Gasteiger partial charge < -0.3 is 9.47 Å². The summed E-state index contributed by atoms with van der Waals surface area (Å²) in [6.45, 7) is 2.27. The maximum atomic E-state index is 9.62. The standard InChI is InChI=1S/C19H20N2O2S/c1-12-4-6-16-18(8-12)24-19(21-16)14(11-20)9-13-10-15(22-2)5-7-17(13)23-3/h5,7,9-10,12H,4,6,8H2,1-3H3. The summed E-state index contributed by atoms with van der Waals surface area (Å²) in [4.78, 5) is 6.03. The Morgan fingerprint density at radius 2 is 2.21 bits per heavy atom. The van der Waals surface area contributed by atoms with E-state index in [0.29, 0.717) is 17.2 Å². The molecular weight excluding hydrogens is 320 g/mol. The van der Waals surface area contributed by atoms with Gasteiger partial charge in [-0.1, -0.05) is 6.92 Å². The molecule has 1 aliphatic carbocycles. The van der Waals surface area contributed by atoms with Gasteiger partial charge in [0, 0.05) is 10.4 Å². The van der Waals surface area contributed by atoms with Crippen LogP contribution >= 0.6 is 11.3 Å². The van der Waals surface area contributed by atoms with E-state index in [2.05, 4.69) is 13.0 Å². The molecule has 0 N–H and O–H groups in total. The molecule has 2 aromatic rings. The largest absolute Gasteiger partial charge is 0.497 e. The average Bonchev–Trinajstić information content (AvgIpc) is 3.02. The molecule has 0 aliphatic heterocycles. The maximum absolute atomic E-state index is 9.62. The Kier molecular flexibility index (Phi) is 4.86. The molecule has 1 unspecified atom stereocenters. The van der Waals surface area contributed by atoms with Gasteiger partial charge in [0.2, 0.25) is 0 Å². The molecule has 0 radical (unpaired) electrons. The number of aryl methyl sites for hydroxylation is 1. The zero-order valence-electron chi connectivity index (χ0n) is 14.1. The van der Waals surface area contributed by atoms with Crippen LogP contribution in [0.3, 0.4) is 0 Å². The van der Waals surface area contributed by atoms with Crippen molar-refractivity contribution in [1.29, 1.82) is 5.26 Å². The van der Waals surface area contributed by atoms with Crippen LogP contribution in [0.1, 0.15) is 34.5 Å². The first-order valence-corrected chi connectivity index (χ1v) is 8.79. The monoisotopic (exact) mass is 340 g/mol. The molecule has 1 aromatic carbocycles. The number of nitriles is 1. The Bertz CT molecular complexity index is 817. The van der Waals surface area contributed by atoms with Crippen LogP contribution in [-0.4, -0.2) is 19.2 Å². The molecule has 24 heavy (non-hydrogen) atoms. The molecule has 3 rings (SSSR count). The van der Waals surface area contributed by atoms with Crippen molar-refractivity contribution >= 4 is 23.0 Å². The van der Waals surface area contributed by atoms with Gasteiger partial charge in [-0.2, -0.15) is 5.26 Å². The van der Waals surface area contributed by atoms with Gasteiger partial charge in [0.15, 0.2) is 0 Å². The minimum absolute atomic E-state index is 0.564. The molecule has 0 saturated heterocycles. The van der Waals surface area contributed by atoms with Crippen molar-refractivity contribution in [2.24, 2.45) is 5.92 Å². The van der Waals surface area contributed by atoms with Crippen LogP contribution in [0.2, 0.25) is 0 Å². The number of ether oxygens (including phenoxy) is 2. The topological polar surface area (TPSA) is 55.1 Å². The van der Waals surface area contributed by atoms with E-state index in [-0.39, 0.29) is 0 Å². The zero-order valence-corrected chi connectivity index (χ0v) is 14.9. The molecule has 4 nitrogen and oxygen atoms in total. The van der Waals surface area contributed by atoms with Crippen LogP contribution in [0.25, 0.3) is 11.6 Å². The number of thiazole rings is 1. The molecule has 1 heterocycles. The van der Waals surface area contributed by atoms with Gasteiger partial charge in [0.25, 0.3) is 0 Å². The Hall–Kier alpha value is -2.32. The highest BCUT2D eigenvalue weighted by Gasteiger charge is 2.21. The summed E-state index contributed by atoms with van der Waals surface area (Å²) in [6.07, 6.45) is 5.07. The van der Waals surface area contributed by atoms with Crippen LogP contribution in [0, 0.1) is 17.2 Å². The highest BCUT2D eigenvalue weighted by atomic mass is 32.1. The fourth-order valence-electron chi connectivity index (χ4n) is 2.90. The van der Waals surface area contributed by atoms with Gasteiger partial charge in [-0.25, -0.2) is 4.98 Å². The summed E-state index contributed by atoms with van der Waals surface area (Å²) in [5, 5.41) is 10.4. The Morgan fingerprint density at radius 1 is 1.38 bits per heavy atom. The maximum Gasteiger partial charge on any atom is 0.134 e. The van der Waals surface area contributed by atoms with E-state index >= 15 is 0 Å². The van der Waals surface area contributed by atoms with E-state index in [1.54, 1.807) is 25.6 Å². The normalized spacial score (nSPS) is 17.1. The molecule has 1 aromatic heterocycles. The molecule has 0 amide bonds. The summed E-state index contributed by atoms with van der Waals surface area (Å²) in [7, 11) is 3.24. The van der Waals surface area contributed by atoms with Crippen LogP contribution < -0.4 is 9.47 Å². The number of aromatic nitrogens is 1. The van der Waals surface area contributed by atoms with Crippen LogP contribution in [0.15, 0.2) is 18.2 Å². The first-order chi connectivity index (χ1) is 11.6. The number of benzene rings is 1. The summed E-state index contributed by atoms with van der Waals surface area (Å²) in [6, 6.07) is 7.84. The smallest absolute Gasteiger partial charge is 0.134 e. The van der Waals surface area contributed by atoms with E-state index in [0.717, 1.165) is 34.9 Å². The van der Waals surface area contributed by atoms with Crippen LogP contribution in [0.4, 0.5) is 0 Å². The lowest BCUT2D eigenvalue weighted by molar-refractivity contribution is 0.402. The lowest BCUT2D eigenvalue weighted by Gasteiger charge is -2.15. The van der Waals surface area contributed by atoms with Gasteiger partial charge in [-0.3, -0.25) is 0 Å². The van der Waals surface area contributed by atoms with Crippen LogP contribution in [0.5, 0.6) is 11.5 Å². The first kappa shape index (κ1) is 16.5. The van der Waals surface area contributed by atoms with Crippen LogP contribution in [-0.2, 0) is 12.8 Å². The lowest BCUT2D eigenvalue weighted by Crippen LogP contribution is -2.09. The molecule has 124 valence electrons. The predicted molar refractivity (Wildman–Crippen MR) is 96.3 cm³/mol. The molecule has 0 bridgehead atoms. The number of hydrogen-bond donors (Lipinski definition) is 0. The third-order valence-electron chi connectivity index (χ3n) is 4.27. The first-order valence-electron chi connectivity index (χ1n) is 7.97. The second-order valence-electron chi connectivity index (χ2n) is 6.01. The van der Waals surface area contributed by atoms with E-state index < -0.39 is 0 Å². The fraction of sp³-hybridized carbons (Fsp3) is 0.368. The third kappa shape index (κ3) is 3.29. The minimum atomic E-state index is 0.564. The Morgan fingerprint density at radius 3 is 2.92 bits per heavy atom. The van der Waals surface area contributed by atoms with E-state index in [9.17, 15) is 5.26 Å². The number of fused-ring (bicyclic) bond motifs is 1. The number of nitrogens with zero attached hydrogens (tertiary/aromatic N) is 2. The van der Waals surface area contributed by atoms with E-state index in [1.807, 2.05) is 24.3 Å². The highest BCUT2D eigenvalue weighted by molar-refractivity contribution is 7.13. The third-order valence-corrected chi connectivity index (χ3v) is 5.43. The number of allylic oxidation sites excluding steroid dienone is 1. The average molecular weight is 340 g/mol. The van der Waals surface area contributed by atoms with Crippen molar-refractivity contribution in [2.45, 2.75) is 26.2 Å². The van der Waals surface area contributed by atoms with Gasteiger partial charge in [0.1, 0.15) is 22.6 Å². The zero-order chi connectivity index (χ0) is 17.1. The second kappa shape index (κ2) is 7.06. The summed E-state index contributed by atoms with van der Waals surface area (Å²) in [5.41, 5.74) is 2.54. The number of hydrogen-bond acceptors (Lipinski definition) is 5. The SMILES string of the molecule is COc1ccc(OC)c(C=C(C#N)c2nc3c(s2)CC(C)CC3)c1. The molecule has 5 heteroatoms. The minimum Gasteiger partial charge on any atom is -0.497 e. The molecule has 0 saturated carbocycles. The molecule has 0 fully saturated rings. The molecular formula is C19H20N2O2S. The lowest BCUT2D eigenvalue weighted by atomic mass is 9.93. The van der Waals surface area contributed by atoms with Gasteiger partial charge in [0.05, 0.1) is 25.5 Å². The number of rotatable bonds is 4. The van der Waals surface area contributed by atoms with Crippen molar-refractivity contribution in [3.63, 3.8) is 0 Å². The van der Waals surface area contributed by atoms with Crippen molar-refractivity contribution in [1.82, 2.24) is 4.98 Å². The summed E-state index contributed by atoms with van der Waals surface area (Å²) >= 11 is 1.64. The van der Waals surface area contributed by atoms with Crippen molar-refractivity contribution in [3.8, 4) is 17.6 Å². The Balaban J connectivity index is 2.00.